The molecule has 2 rings (SSSR count). The van der Waals surface area contributed by atoms with Crippen molar-refractivity contribution in [1.82, 2.24) is 0 Å². The van der Waals surface area contributed by atoms with Gasteiger partial charge in [0, 0.05) is 19.2 Å². The average Bonchev–Trinajstić information content (AvgIpc) is 2.42. The van der Waals surface area contributed by atoms with Crippen molar-refractivity contribution in [3.63, 3.8) is 0 Å². The fourth-order valence-electron chi connectivity index (χ4n) is 1.69. The van der Waals surface area contributed by atoms with Crippen molar-refractivity contribution in [1.29, 1.82) is 0 Å². The summed E-state index contributed by atoms with van der Waals surface area (Å²) in [5.41, 5.74) is 2.24. The maximum absolute atomic E-state index is 9.57. The molecular weight excluding hydrogens is 166 g/mol. The van der Waals surface area contributed by atoms with E-state index in [9.17, 15) is 5.11 Å². The van der Waals surface area contributed by atoms with E-state index in [1.165, 1.54) is 0 Å². The van der Waals surface area contributed by atoms with Crippen molar-refractivity contribution in [3.8, 4) is 5.75 Å². The van der Waals surface area contributed by atoms with E-state index >= 15 is 0 Å². The van der Waals surface area contributed by atoms with E-state index in [0.29, 0.717) is 6.42 Å². The van der Waals surface area contributed by atoms with Gasteiger partial charge in [0.1, 0.15) is 12.0 Å². The Balaban J connectivity index is 2.40. The number of hydrogen-bond donors (Lipinski definition) is 1. The number of anilines is 1. The van der Waals surface area contributed by atoms with Gasteiger partial charge in [0.25, 0.3) is 0 Å². The van der Waals surface area contributed by atoms with Crippen LogP contribution < -0.4 is 9.64 Å². The van der Waals surface area contributed by atoms with Gasteiger partial charge >= 0.3 is 0 Å². The van der Waals surface area contributed by atoms with E-state index in [2.05, 4.69) is 0 Å². The van der Waals surface area contributed by atoms with Crippen LogP contribution in [-0.2, 0) is 6.42 Å². The van der Waals surface area contributed by atoms with Crippen molar-refractivity contribution < 1.29 is 9.84 Å². The monoisotopic (exact) mass is 179 g/mol. The van der Waals surface area contributed by atoms with E-state index < -0.39 is 0 Å². The van der Waals surface area contributed by atoms with Crippen LogP contribution in [0.5, 0.6) is 5.75 Å². The second-order valence-corrected chi connectivity index (χ2v) is 3.29. The van der Waals surface area contributed by atoms with Gasteiger partial charge in [-0.2, -0.15) is 0 Å². The lowest BCUT2D eigenvalue weighted by atomic mass is 10.1. The van der Waals surface area contributed by atoms with Crippen LogP contribution in [0.2, 0.25) is 0 Å². The summed E-state index contributed by atoms with van der Waals surface area (Å²) in [6.45, 7) is 0. The Morgan fingerprint density at radius 3 is 3.00 bits per heavy atom. The zero-order valence-corrected chi connectivity index (χ0v) is 7.82. The van der Waals surface area contributed by atoms with Crippen LogP contribution in [0.15, 0.2) is 18.2 Å². The molecule has 1 N–H and O–H groups in total. The SMILES string of the molecule is COc1ccc2c(c1)CC(O)N2C. The standard InChI is InChI=1S/C10H13NO2/c1-11-9-4-3-8(13-2)5-7(9)6-10(11)12/h3-5,10,12H,6H2,1-2H3. The Labute approximate surface area is 77.6 Å². The van der Waals surface area contributed by atoms with Gasteiger partial charge in [0.2, 0.25) is 0 Å². The Morgan fingerprint density at radius 1 is 1.54 bits per heavy atom. The van der Waals surface area contributed by atoms with E-state index in [4.69, 9.17) is 4.74 Å². The summed E-state index contributed by atoms with van der Waals surface area (Å²) in [6, 6.07) is 5.86. The summed E-state index contributed by atoms with van der Waals surface area (Å²) >= 11 is 0. The van der Waals surface area contributed by atoms with Gasteiger partial charge in [-0.05, 0) is 23.8 Å². The lowest BCUT2D eigenvalue weighted by Gasteiger charge is -2.16. The number of benzene rings is 1. The van der Waals surface area contributed by atoms with Gasteiger partial charge in [-0.25, -0.2) is 0 Å². The topological polar surface area (TPSA) is 32.7 Å². The van der Waals surface area contributed by atoms with Crippen molar-refractivity contribution in [2.24, 2.45) is 0 Å². The molecule has 1 aliphatic heterocycles. The molecule has 1 unspecified atom stereocenters. The highest BCUT2D eigenvalue weighted by molar-refractivity contribution is 5.60. The fourth-order valence-corrected chi connectivity index (χ4v) is 1.69. The summed E-state index contributed by atoms with van der Waals surface area (Å²) in [6.07, 6.45) is 0.297. The first-order valence-electron chi connectivity index (χ1n) is 4.30. The molecule has 0 bridgehead atoms. The van der Waals surface area contributed by atoms with E-state index in [1.54, 1.807) is 7.11 Å². The number of hydrogen-bond acceptors (Lipinski definition) is 3. The quantitative estimate of drug-likeness (QED) is 0.698. The molecule has 0 aliphatic carbocycles. The number of ether oxygens (including phenoxy) is 1. The van der Waals surface area contributed by atoms with E-state index in [0.717, 1.165) is 17.0 Å². The van der Waals surface area contributed by atoms with Gasteiger partial charge in [0.15, 0.2) is 0 Å². The molecule has 0 spiro atoms. The third-order valence-corrected chi connectivity index (χ3v) is 2.52. The molecule has 1 atom stereocenters. The van der Waals surface area contributed by atoms with E-state index in [1.807, 2.05) is 30.1 Å². The third-order valence-electron chi connectivity index (χ3n) is 2.52. The summed E-state index contributed by atoms with van der Waals surface area (Å²) in [4.78, 5) is 1.87. The van der Waals surface area contributed by atoms with Crippen LogP contribution in [0.3, 0.4) is 0 Å². The van der Waals surface area contributed by atoms with Gasteiger partial charge in [-0.3, -0.25) is 0 Å². The van der Waals surface area contributed by atoms with Crippen LogP contribution in [0, 0.1) is 0 Å². The number of aliphatic hydroxyl groups is 1. The van der Waals surface area contributed by atoms with Gasteiger partial charge in [-0.15, -0.1) is 0 Å². The predicted molar refractivity (Wildman–Crippen MR) is 51.1 cm³/mol. The minimum absolute atomic E-state index is 0.387. The number of fused-ring (bicyclic) bond motifs is 1. The molecule has 0 fully saturated rings. The normalized spacial score (nSPS) is 20.2. The van der Waals surface area contributed by atoms with Crippen LogP contribution in [0.4, 0.5) is 5.69 Å². The smallest absolute Gasteiger partial charge is 0.130 e. The third kappa shape index (κ3) is 1.25. The van der Waals surface area contributed by atoms with Crippen LogP contribution >= 0.6 is 0 Å². The first-order chi connectivity index (χ1) is 6.22. The lowest BCUT2D eigenvalue weighted by Crippen LogP contribution is -2.26. The van der Waals surface area contributed by atoms with Crippen molar-refractivity contribution in [2.75, 3.05) is 19.1 Å². The number of nitrogens with zero attached hydrogens (tertiary/aromatic N) is 1. The van der Waals surface area contributed by atoms with E-state index in [-0.39, 0.29) is 6.23 Å². The molecule has 3 nitrogen and oxygen atoms in total. The molecule has 3 heteroatoms. The number of aliphatic hydroxyl groups excluding tert-OH is 1. The molecule has 0 radical (unpaired) electrons. The zero-order valence-electron chi connectivity index (χ0n) is 7.82. The number of methoxy groups -OCH3 is 1. The highest BCUT2D eigenvalue weighted by atomic mass is 16.5. The van der Waals surface area contributed by atoms with Crippen molar-refractivity contribution in [3.05, 3.63) is 23.8 Å². The molecule has 0 saturated heterocycles. The lowest BCUT2D eigenvalue weighted by molar-refractivity contribution is 0.185. The second kappa shape index (κ2) is 2.92. The highest BCUT2D eigenvalue weighted by Crippen LogP contribution is 2.32. The van der Waals surface area contributed by atoms with Gasteiger partial charge in [-0.1, -0.05) is 0 Å². The molecule has 1 heterocycles. The van der Waals surface area contributed by atoms with Crippen molar-refractivity contribution in [2.45, 2.75) is 12.6 Å². The number of likely N-dealkylation sites (N-methyl/N-ethyl adjacent to an activating group) is 1. The Hall–Kier alpha value is -1.22. The minimum Gasteiger partial charge on any atom is -0.497 e. The van der Waals surface area contributed by atoms with Crippen LogP contribution in [0.1, 0.15) is 5.56 Å². The summed E-state index contributed by atoms with van der Waals surface area (Å²) in [5.74, 6) is 0.848. The molecule has 0 aromatic heterocycles. The van der Waals surface area contributed by atoms with Gasteiger partial charge < -0.3 is 14.7 Å². The van der Waals surface area contributed by atoms with Crippen LogP contribution in [0.25, 0.3) is 0 Å². The maximum Gasteiger partial charge on any atom is 0.130 e. The van der Waals surface area contributed by atoms with Crippen molar-refractivity contribution >= 4 is 5.69 Å². The molecule has 1 aliphatic rings. The molecule has 1 aromatic carbocycles. The maximum atomic E-state index is 9.57. The van der Waals surface area contributed by atoms with Gasteiger partial charge in [0.05, 0.1) is 7.11 Å². The molecular formula is C10H13NO2. The second-order valence-electron chi connectivity index (χ2n) is 3.29. The Kier molecular flexibility index (Phi) is 1.88. The predicted octanol–water partition coefficient (Wildman–Crippen LogP) is 1.01. The number of rotatable bonds is 1. The molecule has 0 amide bonds. The molecule has 70 valence electrons. The molecule has 1 aromatic rings. The summed E-state index contributed by atoms with van der Waals surface area (Å²) in [7, 11) is 3.54. The highest BCUT2D eigenvalue weighted by Gasteiger charge is 2.24. The molecule has 13 heavy (non-hydrogen) atoms. The fraction of sp³-hybridized carbons (Fsp3) is 0.400. The summed E-state index contributed by atoms with van der Waals surface area (Å²) in [5, 5.41) is 9.57. The zero-order chi connectivity index (χ0) is 9.42. The molecule has 0 saturated carbocycles. The Bertz CT molecular complexity index is 325. The summed E-state index contributed by atoms with van der Waals surface area (Å²) < 4.78 is 5.11. The average molecular weight is 179 g/mol. The van der Waals surface area contributed by atoms with Crippen LogP contribution in [-0.4, -0.2) is 25.5 Å². The minimum atomic E-state index is -0.387. The first-order valence-corrected chi connectivity index (χ1v) is 4.30. The Morgan fingerprint density at radius 2 is 2.31 bits per heavy atom. The largest absolute Gasteiger partial charge is 0.497 e. The first kappa shape index (κ1) is 8.38.